The van der Waals surface area contributed by atoms with Crippen molar-refractivity contribution in [2.75, 3.05) is 26.2 Å². The summed E-state index contributed by atoms with van der Waals surface area (Å²) in [7, 11) is 0. The summed E-state index contributed by atoms with van der Waals surface area (Å²) >= 11 is 0. The van der Waals surface area contributed by atoms with Gasteiger partial charge in [-0.3, -0.25) is 5.10 Å². The Morgan fingerprint density at radius 3 is 3.06 bits per heavy atom. The van der Waals surface area contributed by atoms with Crippen molar-refractivity contribution in [2.24, 2.45) is 0 Å². The van der Waals surface area contributed by atoms with E-state index in [9.17, 15) is 0 Å². The molecule has 1 aliphatic heterocycles. The third-order valence-electron chi connectivity index (χ3n) is 3.64. The largest absolute Gasteiger partial charge is 0.311 e. The molecule has 0 aliphatic carbocycles. The Hall–Kier alpha value is -1.39. The van der Waals surface area contributed by atoms with Gasteiger partial charge in [0.05, 0.1) is 11.7 Å². The van der Waals surface area contributed by atoms with E-state index in [4.69, 9.17) is 0 Å². The maximum Gasteiger partial charge on any atom is 0.0653 e. The van der Waals surface area contributed by atoms with Crippen molar-refractivity contribution in [1.82, 2.24) is 20.4 Å². The molecule has 0 bridgehead atoms. The number of benzene rings is 1. The number of aromatic nitrogens is 2. The van der Waals surface area contributed by atoms with Crippen molar-refractivity contribution in [1.29, 1.82) is 0 Å². The summed E-state index contributed by atoms with van der Waals surface area (Å²) in [6.45, 7) is 5.74. The Bertz CT molecular complexity index is 499. The van der Waals surface area contributed by atoms with Crippen molar-refractivity contribution in [2.45, 2.75) is 19.4 Å². The Kier molecular flexibility index (Phi) is 3.57. The highest BCUT2D eigenvalue weighted by Crippen LogP contribution is 2.12. The van der Waals surface area contributed by atoms with Crippen molar-refractivity contribution in [3.05, 3.63) is 30.0 Å². The molecule has 0 unspecified atom stereocenters. The summed E-state index contributed by atoms with van der Waals surface area (Å²) in [5, 5.41) is 11.7. The third-order valence-corrected chi connectivity index (χ3v) is 3.64. The molecular formula is C14H20N4. The van der Waals surface area contributed by atoms with Crippen LogP contribution in [0.2, 0.25) is 0 Å². The second kappa shape index (κ2) is 5.50. The predicted molar refractivity (Wildman–Crippen MR) is 73.5 cm³/mol. The van der Waals surface area contributed by atoms with Crippen LogP contribution in [0.3, 0.4) is 0 Å². The molecule has 0 saturated carbocycles. The second-order valence-corrected chi connectivity index (χ2v) is 5.02. The number of aromatic amines is 1. The van der Waals surface area contributed by atoms with E-state index in [1.807, 2.05) is 6.20 Å². The van der Waals surface area contributed by atoms with Crippen LogP contribution < -0.4 is 5.32 Å². The number of rotatable bonds is 5. The normalized spacial score (nSPS) is 16.7. The van der Waals surface area contributed by atoms with Gasteiger partial charge in [-0.25, -0.2) is 0 Å². The van der Waals surface area contributed by atoms with Gasteiger partial charge in [0, 0.05) is 25.0 Å². The number of likely N-dealkylation sites (tertiary alicyclic amines) is 1. The van der Waals surface area contributed by atoms with Crippen molar-refractivity contribution < 1.29 is 0 Å². The molecule has 4 nitrogen and oxygen atoms in total. The molecule has 2 heterocycles. The molecular weight excluding hydrogens is 224 g/mol. The number of fused-ring (bicyclic) bond motifs is 1. The lowest BCUT2D eigenvalue weighted by molar-refractivity contribution is 0.335. The first-order valence-corrected chi connectivity index (χ1v) is 6.77. The molecule has 2 N–H and O–H groups in total. The number of H-pyrrole nitrogens is 1. The first kappa shape index (κ1) is 11.7. The molecule has 1 aromatic heterocycles. The van der Waals surface area contributed by atoms with Crippen LogP contribution in [0, 0.1) is 0 Å². The summed E-state index contributed by atoms with van der Waals surface area (Å²) in [6.07, 6.45) is 4.60. The topological polar surface area (TPSA) is 44.0 Å². The molecule has 1 aliphatic rings. The SMILES string of the molecule is c1cc2cn[nH]c2cc1CNCCN1CCCC1. The smallest absolute Gasteiger partial charge is 0.0653 e. The van der Waals surface area contributed by atoms with Gasteiger partial charge in [0.2, 0.25) is 0 Å². The molecule has 0 radical (unpaired) electrons. The molecule has 4 heteroatoms. The lowest BCUT2D eigenvalue weighted by Crippen LogP contribution is -2.29. The summed E-state index contributed by atoms with van der Waals surface area (Å²) in [4.78, 5) is 2.53. The molecule has 2 aromatic rings. The van der Waals surface area contributed by atoms with E-state index in [1.54, 1.807) is 0 Å². The van der Waals surface area contributed by atoms with E-state index in [1.165, 1.54) is 43.4 Å². The minimum absolute atomic E-state index is 0.933. The molecule has 18 heavy (non-hydrogen) atoms. The van der Waals surface area contributed by atoms with Gasteiger partial charge in [0.1, 0.15) is 0 Å². The Balaban J connectivity index is 1.47. The maximum absolute atomic E-state index is 4.04. The van der Waals surface area contributed by atoms with Gasteiger partial charge in [-0.2, -0.15) is 5.10 Å². The zero-order valence-electron chi connectivity index (χ0n) is 10.7. The fraction of sp³-hybridized carbons (Fsp3) is 0.500. The molecule has 96 valence electrons. The Morgan fingerprint density at radius 1 is 1.28 bits per heavy atom. The molecule has 3 rings (SSSR count). The van der Waals surface area contributed by atoms with Gasteiger partial charge >= 0.3 is 0 Å². The van der Waals surface area contributed by atoms with Crippen LogP contribution in [0.25, 0.3) is 10.9 Å². The highest BCUT2D eigenvalue weighted by atomic mass is 15.1. The van der Waals surface area contributed by atoms with E-state index >= 15 is 0 Å². The quantitative estimate of drug-likeness (QED) is 0.788. The molecule has 0 spiro atoms. The Morgan fingerprint density at radius 2 is 2.17 bits per heavy atom. The van der Waals surface area contributed by atoms with Crippen molar-refractivity contribution >= 4 is 10.9 Å². The minimum atomic E-state index is 0.933. The van der Waals surface area contributed by atoms with E-state index in [0.717, 1.165) is 18.6 Å². The fourth-order valence-electron chi connectivity index (χ4n) is 2.57. The summed E-state index contributed by atoms with van der Waals surface area (Å²) < 4.78 is 0. The average Bonchev–Trinajstić information content (AvgIpc) is 3.05. The first-order valence-electron chi connectivity index (χ1n) is 6.77. The number of nitrogens with zero attached hydrogens (tertiary/aromatic N) is 2. The van der Waals surface area contributed by atoms with Gasteiger partial charge in [-0.05, 0) is 37.6 Å². The van der Waals surface area contributed by atoms with E-state index in [-0.39, 0.29) is 0 Å². The standard InChI is InChI=1S/C14H20N4/c1-2-7-18(6-1)8-5-15-10-12-3-4-13-11-16-17-14(13)9-12/h3-4,9,11,15H,1-2,5-8,10H2,(H,16,17). The van der Waals surface area contributed by atoms with E-state index < -0.39 is 0 Å². The maximum atomic E-state index is 4.04. The zero-order chi connectivity index (χ0) is 12.2. The predicted octanol–water partition coefficient (Wildman–Crippen LogP) is 1.75. The fourth-order valence-corrected chi connectivity index (χ4v) is 2.57. The van der Waals surface area contributed by atoms with Crippen LogP contribution in [0.5, 0.6) is 0 Å². The average molecular weight is 244 g/mol. The monoisotopic (exact) mass is 244 g/mol. The first-order chi connectivity index (χ1) is 8.92. The molecule has 0 amide bonds. The summed E-state index contributed by atoms with van der Waals surface area (Å²) in [5.41, 5.74) is 2.43. The van der Waals surface area contributed by atoms with Gasteiger partial charge in [0.25, 0.3) is 0 Å². The van der Waals surface area contributed by atoms with Gasteiger partial charge in [-0.15, -0.1) is 0 Å². The van der Waals surface area contributed by atoms with Crippen LogP contribution in [-0.4, -0.2) is 41.3 Å². The minimum Gasteiger partial charge on any atom is -0.311 e. The number of hydrogen-bond donors (Lipinski definition) is 2. The van der Waals surface area contributed by atoms with Crippen LogP contribution in [0.4, 0.5) is 0 Å². The second-order valence-electron chi connectivity index (χ2n) is 5.02. The van der Waals surface area contributed by atoms with E-state index in [2.05, 4.69) is 38.6 Å². The summed E-state index contributed by atoms with van der Waals surface area (Å²) in [6, 6.07) is 6.46. The lowest BCUT2D eigenvalue weighted by Gasteiger charge is -2.14. The third kappa shape index (κ3) is 2.71. The van der Waals surface area contributed by atoms with Gasteiger partial charge in [-0.1, -0.05) is 12.1 Å². The van der Waals surface area contributed by atoms with Crippen molar-refractivity contribution in [3.63, 3.8) is 0 Å². The number of hydrogen-bond acceptors (Lipinski definition) is 3. The lowest BCUT2D eigenvalue weighted by atomic mass is 10.1. The zero-order valence-corrected chi connectivity index (χ0v) is 10.7. The van der Waals surface area contributed by atoms with Crippen LogP contribution in [0.15, 0.2) is 24.4 Å². The van der Waals surface area contributed by atoms with Crippen LogP contribution in [0.1, 0.15) is 18.4 Å². The van der Waals surface area contributed by atoms with Crippen LogP contribution >= 0.6 is 0 Å². The molecule has 0 atom stereocenters. The number of nitrogens with one attached hydrogen (secondary N) is 2. The van der Waals surface area contributed by atoms with Gasteiger partial charge < -0.3 is 10.2 Å². The highest BCUT2D eigenvalue weighted by molar-refractivity contribution is 5.78. The van der Waals surface area contributed by atoms with Gasteiger partial charge in [0.15, 0.2) is 0 Å². The molecule has 1 saturated heterocycles. The highest BCUT2D eigenvalue weighted by Gasteiger charge is 2.09. The van der Waals surface area contributed by atoms with Crippen LogP contribution in [-0.2, 0) is 6.54 Å². The summed E-state index contributed by atoms with van der Waals surface area (Å²) in [5.74, 6) is 0. The van der Waals surface area contributed by atoms with Crippen molar-refractivity contribution in [3.8, 4) is 0 Å². The Labute approximate surface area is 107 Å². The van der Waals surface area contributed by atoms with E-state index in [0.29, 0.717) is 0 Å². The molecule has 1 fully saturated rings. The molecule has 1 aromatic carbocycles.